The van der Waals surface area contributed by atoms with Gasteiger partial charge in [-0.2, -0.15) is 0 Å². The van der Waals surface area contributed by atoms with Crippen molar-refractivity contribution in [2.45, 2.75) is 39.0 Å². The quantitative estimate of drug-likeness (QED) is 0.858. The fourth-order valence-electron chi connectivity index (χ4n) is 2.23. The van der Waals surface area contributed by atoms with Crippen molar-refractivity contribution in [3.8, 4) is 0 Å². The molecule has 0 bridgehead atoms. The number of rotatable bonds is 6. The Hall–Kier alpha value is -1.42. The first-order chi connectivity index (χ1) is 9.96. The highest BCUT2D eigenvalue weighted by Crippen LogP contribution is 2.18. The number of hydrogen-bond donors (Lipinski definition) is 2. The smallest absolute Gasteiger partial charge is 0.0898 e. The van der Waals surface area contributed by atoms with E-state index in [9.17, 15) is 5.11 Å². The molecule has 2 aromatic carbocycles. The van der Waals surface area contributed by atoms with Gasteiger partial charge in [-0.05, 0) is 37.1 Å². The predicted molar refractivity (Wildman–Crippen MR) is 87.4 cm³/mol. The molecule has 1 unspecified atom stereocenters. The molecule has 0 aliphatic heterocycles. The average molecular weight is 287 g/mol. The lowest BCUT2D eigenvalue weighted by molar-refractivity contribution is -0.0479. The summed E-state index contributed by atoms with van der Waals surface area (Å²) >= 11 is 0. The van der Waals surface area contributed by atoms with Gasteiger partial charge in [0.1, 0.15) is 0 Å². The zero-order valence-corrected chi connectivity index (χ0v) is 13.1. The van der Waals surface area contributed by atoms with Gasteiger partial charge in [-0.1, -0.05) is 42.5 Å². The van der Waals surface area contributed by atoms with E-state index in [0.717, 1.165) is 6.54 Å². The summed E-state index contributed by atoms with van der Waals surface area (Å²) in [6.07, 6.45) is -0.487. The summed E-state index contributed by atoms with van der Waals surface area (Å²) in [7, 11) is 0. The molecule has 3 heteroatoms. The molecule has 21 heavy (non-hydrogen) atoms. The van der Waals surface area contributed by atoms with Gasteiger partial charge in [0.05, 0.1) is 18.3 Å². The van der Waals surface area contributed by atoms with Crippen molar-refractivity contribution in [2.75, 3.05) is 13.2 Å². The van der Waals surface area contributed by atoms with Gasteiger partial charge in [0.15, 0.2) is 0 Å². The molecule has 0 spiro atoms. The molecule has 0 aliphatic rings. The molecule has 0 aliphatic carbocycles. The van der Waals surface area contributed by atoms with Crippen molar-refractivity contribution < 1.29 is 9.84 Å². The molecular weight excluding hydrogens is 262 g/mol. The largest absolute Gasteiger partial charge is 0.389 e. The summed E-state index contributed by atoms with van der Waals surface area (Å²) in [4.78, 5) is 0. The van der Waals surface area contributed by atoms with Crippen LogP contribution in [0.1, 0.15) is 26.3 Å². The molecule has 0 aromatic heterocycles. The summed E-state index contributed by atoms with van der Waals surface area (Å²) in [5, 5.41) is 15.7. The van der Waals surface area contributed by atoms with Gasteiger partial charge >= 0.3 is 0 Å². The normalized spacial score (nSPS) is 13.5. The number of nitrogens with one attached hydrogen (secondary N) is 1. The Bertz CT molecular complexity index is 569. The first kappa shape index (κ1) is 16.0. The summed E-state index contributed by atoms with van der Waals surface area (Å²) in [5.74, 6) is 0. The van der Waals surface area contributed by atoms with Crippen LogP contribution in [0, 0.1) is 0 Å². The number of fused-ring (bicyclic) bond motifs is 1. The average Bonchev–Trinajstić information content (AvgIpc) is 2.45. The SMILES string of the molecule is CC(C)(C)OCC(O)CNCc1cccc2ccccc12. The maximum Gasteiger partial charge on any atom is 0.0898 e. The second-order valence-electron chi connectivity index (χ2n) is 6.35. The lowest BCUT2D eigenvalue weighted by Gasteiger charge is -2.22. The standard InChI is InChI=1S/C18H25NO2/c1-18(2,3)21-13-16(20)12-19-11-15-9-6-8-14-7-4-5-10-17(14)15/h4-10,16,19-20H,11-13H2,1-3H3. The lowest BCUT2D eigenvalue weighted by atomic mass is 10.0. The summed E-state index contributed by atoms with van der Waals surface area (Å²) < 4.78 is 5.57. The highest BCUT2D eigenvalue weighted by molar-refractivity contribution is 5.85. The van der Waals surface area contributed by atoms with Crippen LogP contribution in [0.2, 0.25) is 0 Å². The van der Waals surface area contributed by atoms with Gasteiger partial charge in [0, 0.05) is 13.1 Å². The minimum Gasteiger partial charge on any atom is -0.389 e. The zero-order valence-electron chi connectivity index (χ0n) is 13.1. The van der Waals surface area contributed by atoms with Gasteiger partial charge in [-0.15, -0.1) is 0 Å². The zero-order chi connectivity index (χ0) is 15.3. The molecule has 2 rings (SSSR count). The van der Waals surface area contributed by atoms with Crippen LogP contribution in [-0.2, 0) is 11.3 Å². The Labute approximate surface area is 126 Å². The molecule has 0 radical (unpaired) electrons. The van der Waals surface area contributed by atoms with Crippen molar-refractivity contribution in [2.24, 2.45) is 0 Å². The molecule has 0 heterocycles. The molecule has 2 aromatic rings. The molecule has 0 saturated heterocycles. The van der Waals surface area contributed by atoms with E-state index >= 15 is 0 Å². The molecule has 0 fully saturated rings. The molecule has 0 amide bonds. The van der Waals surface area contributed by atoms with E-state index in [2.05, 4.69) is 41.7 Å². The van der Waals surface area contributed by atoms with Crippen molar-refractivity contribution in [1.29, 1.82) is 0 Å². The predicted octanol–water partition coefficient (Wildman–Crippen LogP) is 3.11. The van der Waals surface area contributed by atoms with E-state index in [0.29, 0.717) is 13.2 Å². The Balaban J connectivity index is 1.85. The molecule has 2 N–H and O–H groups in total. The van der Waals surface area contributed by atoms with Crippen LogP contribution in [0.4, 0.5) is 0 Å². The Kier molecular flexibility index (Phi) is 5.34. The monoisotopic (exact) mass is 287 g/mol. The third kappa shape index (κ3) is 5.12. The van der Waals surface area contributed by atoms with Crippen LogP contribution in [0.25, 0.3) is 10.8 Å². The van der Waals surface area contributed by atoms with Gasteiger partial charge < -0.3 is 15.2 Å². The van der Waals surface area contributed by atoms with Crippen LogP contribution in [0.15, 0.2) is 42.5 Å². The molecule has 3 nitrogen and oxygen atoms in total. The summed E-state index contributed by atoms with van der Waals surface area (Å²) in [5.41, 5.74) is 1.04. The van der Waals surface area contributed by atoms with Gasteiger partial charge in [0.25, 0.3) is 0 Å². The summed E-state index contributed by atoms with van der Waals surface area (Å²) in [6, 6.07) is 14.7. The van der Waals surface area contributed by atoms with Gasteiger partial charge in [-0.3, -0.25) is 0 Å². The van der Waals surface area contributed by atoms with E-state index in [1.54, 1.807) is 0 Å². The molecule has 1 atom stereocenters. The topological polar surface area (TPSA) is 41.5 Å². The number of hydrogen-bond acceptors (Lipinski definition) is 3. The highest BCUT2D eigenvalue weighted by Gasteiger charge is 2.13. The van der Waals surface area contributed by atoms with E-state index in [1.165, 1.54) is 16.3 Å². The lowest BCUT2D eigenvalue weighted by Crippen LogP contribution is -2.33. The number of ether oxygens (including phenoxy) is 1. The third-order valence-electron chi connectivity index (χ3n) is 3.28. The number of aliphatic hydroxyl groups is 1. The van der Waals surface area contributed by atoms with E-state index in [1.807, 2.05) is 26.8 Å². The second-order valence-corrected chi connectivity index (χ2v) is 6.35. The van der Waals surface area contributed by atoms with Crippen molar-refractivity contribution >= 4 is 10.8 Å². The van der Waals surface area contributed by atoms with Crippen LogP contribution in [0.5, 0.6) is 0 Å². The Morgan fingerprint density at radius 2 is 1.81 bits per heavy atom. The van der Waals surface area contributed by atoms with Crippen LogP contribution in [-0.4, -0.2) is 30.0 Å². The first-order valence-electron chi connectivity index (χ1n) is 7.45. The van der Waals surface area contributed by atoms with E-state index < -0.39 is 6.10 Å². The van der Waals surface area contributed by atoms with E-state index in [4.69, 9.17) is 4.74 Å². The van der Waals surface area contributed by atoms with Crippen molar-refractivity contribution in [1.82, 2.24) is 5.32 Å². The van der Waals surface area contributed by atoms with E-state index in [-0.39, 0.29) is 5.60 Å². The first-order valence-corrected chi connectivity index (χ1v) is 7.45. The maximum absolute atomic E-state index is 9.92. The summed E-state index contributed by atoms with van der Waals surface area (Å²) in [6.45, 7) is 7.59. The Morgan fingerprint density at radius 3 is 2.57 bits per heavy atom. The van der Waals surface area contributed by atoms with Crippen LogP contribution >= 0.6 is 0 Å². The fraction of sp³-hybridized carbons (Fsp3) is 0.444. The van der Waals surface area contributed by atoms with Gasteiger partial charge in [0.2, 0.25) is 0 Å². The maximum atomic E-state index is 9.92. The number of benzene rings is 2. The fourth-order valence-corrected chi connectivity index (χ4v) is 2.23. The van der Waals surface area contributed by atoms with Crippen LogP contribution in [0.3, 0.4) is 0 Å². The number of aliphatic hydroxyl groups excluding tert-OH is 1. The molecule has 114 valence electrons. The second kappa shape index (κ2) is 7.03. The van der Waals surface area contributed by atoms with Crippen molar-refractivity contribution in [3.63, 3.8) is 0 Å². The minimum atomic E-state index is -0.487. The van der Waals surface area contributed by atoms with Gasteiger partial charge in [-0.25, -0.2) is 0 Å². The van der Waals surface area contributed by atoms with Crippen molar-refractivity contribution in [3.05, 3.63) is 48.0 Å². The Morgan fingerprint density at radius 1 is 1.10 bits per heavy atom. The molecule has 0 saturated carbocycles. The minimum absolute atomic E-state index is 0.212. The third-order valence-corrected chi connectivity index (χ3v) is 3.28. The molecular formula is C18H25NO2. The highest BCUT2D eigenvalue weighted by atomic mass is 16.5. The van der Waals surface area contributed by atoms with Crippen LogP contribution < -0.4 is 5.32 Å².